The first-order valence-electron chi connectivity index (χ1n) is 7.64. The van der Waals surface area contributed by atoms with Gasteiger partial charge in [0.2, 0.25) is 11.8 Å². The van der Waals surface area contributed by atoms with Crippen molar-refractivity contribution in [3.63, 3.8) is 0 Å². The second-order valence-corrected chi connectivity index (χ2v) is 5.90. The molecule has 2 aromatic carbocycles. The van der Waals surface area contributed by atoms with E-state index < -0.39 is 30.1 Å². The third-order valence-electron chi connectivity index (χ3n) is 3.62. The summed E-state index contributed by atoms with van der Waals surface area (Å²) in [4.78, 5) is 24.8. The summed E-state index contributed by atoms with van der Waals surface area (Å²) in [6.45, 7) is 0.673. The molecule has 0 aliphatic rings. The number of amides is 2. The minimum Gasteiger partial charge on any atom is -0.350 e. The highest BCUT2D eigenvalue weighted by atomic mass is 35.5. The summed E-state index contributed by atoms with van der Waals surface area (Å²) in [5, 5.41) is 3.01. The lowest BCUT2D eigenvalue weighted by Gasteiger charge is -2.24. The minimum atomic E-state index is -4.64. The fourth-order valence-corrected chi connectivity index (χ4v) is 2.55. The number of para-hydroxylation sites is 1. The van der Waals surface area contributed by atoms with Gasteiger partial charge in [-0.3, -0.25) is 9.59 Å². The van der Waals surface area contributed by atoms with Gasteiger partial charge in [0.15, 0.2) is 0 Å². The Labute approximate surface area is 153 Å². The molecule has 2 rings (SSSR count). The number of anilines is 1. The molecule has 0 spiro atoms. The van der Waals surface area contributed by atoms with Crippen molar-refractivity contribution in [2.75, 3.05) is 11.4 Å². The Kier molecular flexibility index (Phi) is 6.26. The number of carbonyl (C=O) groups excluding carboxylic acids is 2. The van der Waals surface area contributed by atoms with Crippen LogP contribution in [0.1, 0.15) is 18.1 Å². The van der Waals surface area contributed by atoms with Gasteiger partial charge in [-0.05, 0) is 23.8 Å². The monoisotopic (exact) mass is 384 g/mol. The number of nitrogens with zero attached hydrogens (tertiary/aromatic N) is 1. The van der Waals surface area contributed by atoms with Crippen molar-refractivity contribution in [2.24, 2.45) is 0 Å². The molecule has 0 aromatic heterocycles. The molecule has 2 aromatic rings. The van der Waals surface area contributed by atoms with Crippen molar-refractivity contribution in [3.8, 4) is 0 Å². The smallest absolute Gasteiger partial charge is 0.350 e. The maximum atomic E-state index is 13.2. The Morgan fingerprint density at radius 3 is 2.31 bits per heavy atom. The second-order valence-electron chi connectivity index (χ2n) is 5.49. The maximum absolute atomic E-state index is 13.2. The van der Waals surface area contributed by atoms with Crippen LogP contribution in [0.3, 0.4) is 0 Å². The van der Waals surface area contributed by atoms with Crippen LogP contribution in [0, 0.1) is 0 Å². The summed E-state index contributed by atoms with van der Waals surface area (Å²) < 4.78 is 39.5. The molecule has 0 bridgehead atoms. The summed E-state index contributed by atoms with van der Waals surface area (Å²) in [6, 6.07) is 11.5. The quantitative estimate of drug-likeness (QED) is 0.846. The van der Waals surface area contributed by atoms with Crippen LogP contribution in [0.5, 0.6) is 0 Å². The van der Waals surface area contributed by atoms with Crippen molar-refractivity contribution in [1.82, 2.24) is 5.32 Å². The Morgan fingerprint density at radius 1 is 1.08 bits per heavy atom. The fraction of sp³-hybridized carbons (Fsp3) is 0.222. The molecule has 0 unspecified atom stereocenters. The van der Waals surface area contributed by atoms with E-state index in [0.717, 1.165) is 24.0 Å². The van der Waals surface area contributed by atoms with Crippen LogP contribution < -0.4 is 10.2 Å². The molecule has 8 heteroatoms. The lowest BCUT2D eigenvalue weighted by molar-refractivity contribution is -0.137. The van der Waals surface area contributed by atoms with E-state index in [9.17, 15) is 22.8 Å². The third kappa shape index (κ3) is 4.98. The molecule has 1 N–H and O–H groups in total. The van der Waals surface area contributed by atoms with E-state index in [-0.39, 0.29) is 12.2 Å². The van der Waals surface area contributed by atoms with E-state index in [1.807, 2.05) is 0 Å². The lowest BCUT2D eigenvalue weighted by Crippen LogP contribution is -2.40. The number of halogens is 4. The molecule has 0 atom stereocenters. The number of nitrogens with one attached hydrogen (secondary N) is 1. The zero-order chi connectivity index (χ0) is 19.3. The van der Waals surface area contributed by atoms with Crippen LogP contribution in [0.4, 0.5) is 18.9 Å². The SMILES string of the molecule is CC(=O)N(CC(=O)NCc1ccccc1Cl)c1ccccc1C(F)(F)F. The Bertz CT molecular complexity index is 809. The van der Waals surface area contributed by atoms with Gasteiger partial charge < -0.3 is 10.2 Å². The number of benzene rings is 2. The van der Waals surface area contributed by atoms with Gasteiger partial charge in [-0.1, -0.05) is 41.9 Å². The van der Waals surface area contributed by atoms with Crippen LogP contribution in [0.15, 0.2) is 48.5 Å². The summed E-state index contributed by atoms with van der Waals surface area (Å²) in [7, 11) is 0. The zero-order valence-corrected chi connectivity index (χ0v) is 14.6. The highest BCUT2D eigenvalue weighted by Gasteiger charge is 2.35. The van der Waals surface area contributed by atoms with Gasteiger partial charge in [-0.2, -0.15) is 13.2 Å². The van der Waals surface area contributed by atoms with E-state index in [4.69, 9.17) is 11.6 Å². The summed E-state index contributed by atoms with van der Waals surface area (Å²) >= 11 is 5.99. The molecule has 0 fully saturated rings. The Morgan fingerprint density at radius 2 is 1.69 bits per heavy atom. The van der Waals surface area contributed by atoms with Crippen molar-refractivity contribution < 1.29 is 22.8 Å². The van der Waals surface area contributed by atoms with E-state index >= 15 is 0 Å². The Balaban J connectivity index is 2.16. The molecule has 138 valence electrons. The van der Waals surface area contributed by atoms with Gasteiger partial charge in [-0.15, -0.1) is 0 Å². The van der Waals surface area contributed by atoms with E-state index in [0.29, 0.717) is 10.6 Å². The van der Waals surface area contributed by atoms with Crippen LogP contribution in [0.25, 0.3) is 0 Å². The van der Waals surface area contributed by atoms with Crippen LogP contribution in [-0.2, 0) is 22.3 Å². The first-order valence-corrected chi connectivity index (χ1v) is 8.02. The van der Waals surface area contributed by atoms with Gasteiger partial charge >= 0.3 is 6.18 Å². The molecule has 0 aliphatic carbocycles. The van der Waals surface area contributed by atoms with Gasteiger partial charge in [0.1, 0.15) is 6.54 Å². The molecule has 0 radical (unpaired) electrons. The standard InChI is InChI=1S/C18H16ClF3N2O2/c1-12(25)24(16-9-5-3-7-14(16)18(20,21)22)11-17(26)23-10-13-6-2-4-8-15(13)19/h2-9H,10-11H2,1H3,(H,23,26). The topological polar surface area (TPSA) is 49.4 Å². The number of alkyl halides is 3. The van der Waals surface area contributed by atoms with E-state index in [2.05, 4.69) is 5.32 Å². The fourth-order valence-electron chi connectivity index (χ4n) is 2.35. The lowest BCUT2D eigenvalue weighted by atomic mass is 10.1. The molecule has 2 amide bonds. The molecule has 4 nitrogen and oxygen atoms in total. The predicted octanol–water partition coefficient (Wildman–Crippen LogP) is 4.03. The third-order valence-corrected chi connectivity index (χ3v) is 3.98. The van der Waals surface area contributed by atoms with Gasteiger partial charge in [0.25, 0.3) is 0 Å². The van der Waals surface area contributed by atoms with Crippen molar-refractivity contribution in [2.45, 2.75) is 19.6 Å². The number of hydrogen-bond donors (Lipinski definition) is 1. The summed E-state index contributed by atoms with van der Waals surface area (Å²) in [5.41, 5.74) is -0.679. The molecule has 0 heterocycles. The zero-order valence-electron chi connectivity index (χ0n) is 13.8. The molecule has 0 saturated carbocycles. The first kappa shape index (κ1) is 19.8. The summed E-state index contributed by atoms with van der Waals surface area (Å²) in [6.07, 6.45) is -4.64. The molecular formula is C18H16ClF3N2O2. The Hall–Kier alpha value is -2.54. The first-order chi connectivity index (χ1) is 12.2. The van der Waals surface area contributed by atoms with E-state index in [1.54, 1.807) is 24.3 Å². The molecule has 0 saturated heterocycles. The second kappa shape index (κ2) is 8.23. The minimum absolute atomic E-state index is 0.102. The maximum Gasteiger partial charge on any atom is 0.418 e. The van der Waals surface area contributed by atoms with Crippen LogP contribution in [0.2, 0.25) is 5.02 Å². The van der Waals surface area contributed by atoms with E-state index in [1.165, 1.54) is 12.1 Å². The van der Waals surface area contributed by atoms with Crippen molar-refractivity contribution >= 4 is 29.1 Å². The van der Waals surface area contributed by atoms with Gasteiger partial charge in [0, 0.05) is 18.5 Å². The average Bonchev–Trinajstić information content (AvgIpc) is 2.58. The van der Waals surface area contributed by atoms with Crippen molar-refractivity contribution in [3.05, 3.63) is 64.7 Å². The molecule has 0 aliphatic heterocycles. The average molecular weight is 385 g/mol. The van der Waals surface area contributed by atoms with Crippen LogP contribution in [-0.4, -0.2) is 18.4 Å². The number of rotatable bonds is 5. The van der Waals surface area contributed by atoms with Crippen LogP contribution >= 0.6 is 11.6 Å². The molecular weight excluding hydrogens is 369 g/mol. The normalized spacial score (nSPS) is 11.1. The van der Waals surface area contributed by atoms with Crippen molar-refractivity contribution in [1.29, 1.82) is 0 Å². The number of hydrogen-bond acceptors (Lipinski definition) is 2. The molecule has 26 heavy (non-hydrogen) atoms. The largest absolute Gasteiger partial charge is 0.418 e. The summed E-state index contributed by atoms with van der Waals surface area (Å²) in [5.74, 6) is -1.27. The highest BCUT2D eigenvalue weighted by molar-refractivity contribution is 6.31. The predicted molar refractivity (Wildman–Crippen MR) is 92.8 cm³/mol. The number of carbonyl (C=O) groups is 2. The van der Waals surface area contributed by atoms with Gasteiger partial charge in [0.05, 0.1) is 11.3 Å². The highest BCUT2D eigenvalue weighted by Crippen LogP contribution is 2.36. The van der Waals surface area contributed by atoms with Gasteiger partial charge in [-0.25, -0.2) is 0 Å².